The zero-order valence-electron chi connectivity index (χ0n) is 7.56. The lowest BCUT2D eigenvalue weighted by Gasteiger charge is -2.36. The lowest BCUT2D eigenvalue weighted by atomic mass is 9.75. The van der Waals surface area contributed by atoms with Gasteiger partial charge in [-0.2, -0.15) is 0 Å². The first kappa shape index (κ1) is 11.2. The summed E-state index contributed by atoms with van der Waals surface area (Å²) in [6.45, 7) is 1.29. The van der Waals surface area contributed by atoms with E-state index in [1.807, 2.05) is 0 Å². The molecule has 1 aliphatic heterocycles. The maximum absolute atomic E-state index is 13.5. The van der Waals surface area contributed by atoms with Crippen LogP contribution < -0.4 is 5.32 Å². The van der Waals surface area contributed by atoms with Crippen molar-refractivity contribution in [2.75, 3.05) is 13.1 Å². The molecule has 13 heavy (non-hydrogen) atoms. The van der Waals surface area contributed by atoms with Gasteiger partial charge < -0.3 is 5.32 Å². The zero-order valence-corrected chi connectivity index (χ0v) is 8.38. The molecule has 0 aromatic carbocycles. The van der Waals surface area contributed by atoms with Gasteiger partial charge in [0.05, 0.1) is 0 Å². The van der Waals surface area contributed by atoms with Crippen molar-refractivity contribution in [2.45, 2.75) is 31.6 Å². The molecule has 1 aliphatic carbocycles. The maximum Gasteiger partial charge on any atom is 0.254 e. The van der Waals surface area contributed by atoms with Gasteiger partial charge in [-0.15, -0.1) is 12.4 Å². The predicted molar refractivity (Wildman–Crippen MR) is 50.5 cm³/mol. The van der Waals surface area contributed by atoms with E-state index in [0.717, 1.165) is 25.8 Å². The normalized spacial score (nSPS) is 29.5. The Bertz CT molecular complexity index is 165. The van der Waals surface area contributed by atoms with Crippen molar-refractivity contribution in [2.24, 2.45) is 11.8 Å². The summed E-state index contributed by atoms with van der Waals surface area (Å²) in [5, 5.41) is 3.00. The molecule has 78 valence electrons. The Morgan fingerprint density at radius 3 is 2.15 bits per heavy atom. The third-order valence-corrected chi connectivity index (χ3v) is 3.25. The summed E-state index contributed by atoms with van der Waals surface area (Å²) in [5.74, 6) is -3.08. The third-order valence-electron chi connectivity index (χ3n) is 3.25. The Morgan fingerprint density at radius 1 is 1.08 bits per heavy atom. The van der Waals surface area contributed by atoms with E-state index in [1.54, 1.807) is 0 Å². The van der Waals surface area contributed by atoms with Gasteiger partial charge in [-0.1, -0.05) is 6.42 Å². The van der Waals surface area contributed by atoms with Gasteiger partial charge in [0.1, 0.15) is 0 Å². The number of halogens is 3. The van der Waals surface area contributed by atoms with Crippen molar-refractivity contribution in [3.8, 4) is 0 Å². The summed E-state index contributed by atoms with van der Waals surface area (Å²) in [6.07, 6.45) is 3.14. The van der Waals surface area contributed by atoms with E-state index in [0.29, 0.717) is 13.0 Å². The van der Waals surface area contributed by atoms with Crippen LogP contribution in [-0.2, 0) is 0 Å². The minimum Gasteiger partial charge on any atom is -0.316 e. The lowest BCUT2D eigenvalue weighted by Crippen LogP contribution is -2.41. The summed E-state index contributed by atoms with van der Waals surface area (Å²) in [4.78, 5) is 0. The van der Waals surface area contributed by atoms with Gasteiger partial charge >= 0.3 is 0 Å². The highest BCUT2D eigenvalue weighted by atomic mass is 35.5. The van der Waals surface area contributed by atoms with E-state index >= 15 is 0 Å². The first-order valence-corrected chi connectivity index (χ1v) is 4.80. The highest BCUT2D eigenvalue weighted by Gasteiger charge is 2.49. The van der Waals surface area contributed by atoms with Crippen molar-refractivity contribution in [1.29, 1.82) is 0 Å². The minimum atomic E-state index is -2.39. The highest BCUT2D eigenvalue weighted by Crippen LogP contribution is 2.45. The Kier molecular flexibility index (Phi) is 3.52. The lowest BCUT2D eigenvalue weighted by molar-refractivity contribution is -0.127. The summed E-state index contributed by atoms with van der Waals surface area (Å²) in [6, 6.07) is 0. The molecular formula is C9H16ClF2N. The van der Waals surface area contributed by atoms with E-state index in [-0.39, 0.29) is 24.2 Å². The molecule has 0 aromatic rings. The fraction of sp³-hybridized carbons (Fsp3) is 1.00. The van der Waals surface area contributed by atoms with Crippen LogP contribution in [0, 0.1) is 11.8 Å². The second-order valence-corrected chi connectivity index (χ2v) is 3.99. The van der Waals surface area contributed by atoms with Crippen LogP contribution >= 0.6 is 12.4 Å². The molecule has 1 atom stereocenters. The summed E-state index contributed by atoms with van der Waals surface area (Å²) in [5.41, 5.74) is 0. The average Bonchev–Trinajstić information content (AvgIpc) is 2.30. The summed E-state index contributed by atoms with van der Waals surface area (Å²) in [7, 11) is 0. The SMILES string of the molecule is Cl.FC(F)(C1CCC1)C1CCNC1. The maximum atomic E-state index is 13.5. The number of rotatable bonds is 2. The zero-order chi connectivity index (χ0) is 8.60. The van der Waals surface area contributed by atoms with Gasteiger partial charge in [-0.05, 0) is 25.8 Å². The second kappa shape index (κ2) is 4.09. The minimum absolute atomic E-state index is 0. The van der Waals surface area contributed by atoms with Crippen molar-refractivity contribution in [3.63, 3.8) is 0 Å². The van der Waals surface area contributed by atoms with Crippen molar-refractivity contribution >= 4 is 12.4 Å². The molecule has 0 spiro atoms. The number of hydrogen-bond donors (Lipinski definition) is 1. The van der Waals surface area contributed by atoms with Crippen LogP contribution in [0.25, 0.3) is 0 Å². The molecule has 1 unspecified atom stereocenters. The van der Waals surface area contributed by atoms with Gasteiger partial charge in [0.2, 0.25) is 0 Å². The van der Waals surface area contributed by atoms with Crippen molar-refractivity contribution in [3.05, 3.63) is 0 Å². The molecule has 2 fully saturated rings. The molecule has 0 radical (unpaired) electrons. The molecule has 2 rings (SSSR count). The smallest absolute Gasteiger partial charge is 0.254 e. The van der Waals surface area contributed by atoms with Crippen LogP contribution in [-0.4, -0.2) is 19.0 Å². The quantitative estimate of drug-likeness (QED) is 0.740. The number of nitrogens with one attached hydrogen (secondary N) is 1. The van der Waals surface area contributed by atoms with Crippen LogP contribution in [0.3, 0.4) is 0 Å². The summed E-state index contributed by atoms with van der Waals surface area (Å²) >= 11 is 0. The molecule has 0 amide bonds. The van der Waals surface area contributed by atoms with E-state index < -0.39 is 5.92 Å². The highest BCUT2D eigenvalue weighted by molar-refractivity contribution is 5.85. The molecule has 0 aromatic heterocycles. The van der Waals surface area contributed by atoms with E-state index in [1.165, 1.54) is 0 Å². The Labute approximate surface area is 83.7 Å². The Hall–Kier alpha value is 0.110. The monoisotopic (exact) mass is 211 g/mol. The van der Waals surface area contributed by atoms with Crippen LogP contribution in [0.5, 0.6) is 0 Å². The molecule has 1 heterocycles. The Balaban J connectivity index is 0.000000845. The topological polar surface area (TPSA) is 12.0 Å². The van der Waals surface area contributed by atoms with E-state index in [9.17, 15) is 8.78 Å². The van der Waals surface area contributed by atoms with Crippen LogP contribution in [0.2, 0.25) is 0 Å². The molecule has 1 saturated heterocycles. The molecule has 1 saturated carbocycles. The van der Waals surface area contributed by atoms with E-state index in [2.05, 4.69) is 5.32 Å². The number of alkyl halides is 2. The van der Waals surface area contributed by atoms with Crippen molar-refractivity contribution in [1.82, 2.24) is 5.32 Å². The molecule has 2 aliphatic rings. The Morgan fingerprint density at radius 2 is 1.77 bits per heavy atom. The fourth-order valence-electron chi connectivity index (χ4n) is 2.11. The average molecular weight is 212 g/mol. The second-order valence-electron chi connectivity index (χ2n) is 3.99. The largest absolute Gasteiger partial charge is 0.316 e. The fourth-order valence-corrected chi connectivity index (χ4v) is 2.11. The van der Waals surface area contributed by atoms with Gasteiger partial charge in [-0.3, -0.25) is 0 Å². The van der Waals surface area contributed by atoms with Gasteiger partial charge in [0, 0.05) is 18.4 Å². The van der Waals surface area contributed by atoms with Gasteiger partial charge in [-0.25, -0.2) is 8.78 Å². The number of hydrogen-bond acceptors (Lipinski definition) is 1. The van der Waals surface area contributed by atoms with Gasteiger partial charge in [0.15, 0.2) is 0 Å². The molecular weight excluding hydrogens is 196 g/mol. The third kappa shape index (κ3) is 1.96. The van der Waals surface area contributed by atoms with Crippen LogP contribution in [0.4, 0.5) is 8.78 Å². The molecule has 1 nitrogen and oxygen atoms in total. The predicted octanol–water partition coefficient (Wildman–Crippen LogP) is 2.45. The first-order valence-electron chi connectivity index (χ1n) is 4.80. The van der Waals surface area contributed by atoms with Crippen molar-refractivity contribution < 1.29 is 8.78 Å². The molecule has 1 N–H and O–H groups in total. The molecule has 4 heteroatoms. The van der Waals surface area contributed by atoms with Crippen LogP contribution in [0.15, 0.2) is 0 Å². The van der Waals surface area contributed by atoms with Gasteiger partial charge in [0.25, 0.3) is 5.92 Å². The van der Waals surface area contributed by atoms with Crippen LogP contribution in [0.1, 0.15) is 25.7 Å². The first-order chi connectivity index (χ1) is 5.71. The van der Waals surface area contributed by atoms with E-state index in [4.69, 9.17) is 0 Å². The molecule has 0 bridgehead atoms. The standard InChI is InChI=1S/C9H15F2N.ClH/c10-9(11,7-2-1-3-7)8-4-5-12-6-8;/h7-8,12H,1-6H2;1H. The summed E-state index contributed by atoms with van der Waals surface area (Å²) < 4.78 is 27.1.